The molecule has 0 amide bonds. The maximum Gasteiger partial charge on any atom is 0.137 e. The van der Waals surface area contributed by atoms with Crippen LogP contribution in [0.5, 0.6) is 11.5 Å². The first-order chi connectivity index (χ1) is 19.6. The first-order valence-electron chi connectivity index (χ1n) is 15.7. The average molecular weight is 540 g/mol. The van der Waals surface area contributed by atoms with Gasteiger partial charge in [0, 0.05) is 0 Å². The van der Waals surface area contributed by atoms with Gasteiger partial charge in [0.05, 0.1) is 18.3 Å². The van der Waals surface area contributed by atoms with E-state index in [4.69, 9.17) is 9.47 Å². The van der Waals surface area contributed by atoms with Crippen molar-refractivity contribution >= 4 is 0 Å². The van der Waals surface area contributed by atoms with Crippen LogP contribution in [0.2, 0.25) is 0 Å². The lowest BCUT2D eigenvalue weighted by Crippen LogP contribution is -2.12. The summed E-state index contributed by atoms with van der Waals surface area (Å²) in [6.07, 6.45) is 16.5. The van der Waals surface area contributed by atoms with Crippen LogP contribution in [0.3, 0.4) is 0 Å². The second-order valence-corrected chi connectivity index (χ2v) is 11.0. The predicted octanol–water partition coefficient (Wildman–Crippen LogP) is 11.1. The summed E-state index contributed by atoms with van der Waals surface area (Å²) in [6.45, 7) is 7.37. The second kappa shape index (κ2) is 18.2. The SMILES string of the molecule is CCCCCCCCCCOc1ccc(-c2ccc(-c3ccc(OC(C)CCCCCC)c(C#N)c3)cc2)cc1. The molecule has 40 heavy (non-hydrogen) atoms. The monoisotopic (exact) mass is 539 g/mol. The molecule has 0 aliphatic heterocycles. The molecule has 214 valence electrons. The zero-order valence-electron chi connectivity index (χ0n) is 25.1. The van der Waals surface area contributed by atoms with E-state index in [1.165, 1.54) is 69.8 Å². The highest BCUT2D eigenvalue weighted by Crippen LogP contribution is 2.30. The van der Waals surface area contributed by atoms with Gasteiger partial charge < -0.3 is 9.47 Å². The van der Waals surface area contributed by atoms with Crippen LogP contribution in [0.1, 0.15) is 110 Å². The zero-order chi connectivity index (χ0) is 28.4. The summed E-state index contributed by atoms with van der Waals surface area (Å²) in [5.74, 6) is 1.61. The standard InChI is InChI=1S/C37H49NO2/c1-4-6-8-10-11-12-13-15-27-39-36-24-21-32(22-25-36)31-17-19-33(20-18-31)34-23-26-37(35(28-34)29-38)40-30(3)16-14-9-7-5-2/h17-26,28,30H,4-16,27H2,1-3H3. The Bertz CT molecular complexity index is 1140. The van der Waals surface area contributed by atoms with Gasteiger partial charge in [0.25, 0.3) is 0 Å². The van der Waals surface area contributed by atoms with Crippen molar-refractivity contribution in [3.8, 4) is 39.8 Å². The van der Waals surface area contributed by atoms with E-state index >= 15 is 0 Å². The van der Waals surface area contributed by atoms with E-state index in [9.17, 15) is 5.26 Å². The Morgan fingerprint density at radius 1 is 0.625 bits per heavy atom. The molecule has 0 saturated carbocycles. The summed E-state index contributed by atoms with van der Waals surface area (Å²) in [4.78, 5) is 0. The van der Waals surface area contributed by atoms with Crippen molar-refractivity contribution in [2.45, 2.75) is 110 Å². The molecule has 3 rings (SSSR count). The predicted molar refractivity (Wildman–Crippen MR) is 169 cm³/mol. The van der Waals surface area contributed by atoms with Crippen LogP contribution in [-0.2, 0) is 0 Å². The molecular formula is C37H49NO2. The van der Waals surface area contributed by atoms with Crippen LogP contribution in [-0.4, -0.2) is 12.7 Å². The van der Waals surface area contributed by atoms with Crippen LogP contribution in [0.15, 0.2) is 66.7 Å². The largest absolute Gasteiger partial charge is 0.494 e. The van der Waals surface area contributed by atoms with Crippen molar-refractivity contribution in [2.75, 3.05) is 6.61 Å². The van der Waals surface area contributed by atoms with E-state index in [0.717, 1.165) is 48.3 Å². The van der Waals surface area contributed by atoms with Gasteiger partial charge in [-0.1, -0.05) is 121 Å². The van der Waals surface area contributed by atoms with Crippen molar-refractivity contribution in [3.05, 3.63) is 72.3 Å². The number of hydrogen-bond donors (Lipinski definition) is 0. The van der Waals surface area contributed by atoms with Crippen LogP contribution >= 0.6 is 0 Å². The van der Waals surface area contributed by atoms with Gasteiger partial charge in [-0.25, -0.2) is 0 Å². The first-order valence-corrected chi connectivity index (χ1v) is 15.7. The van der Waals surface area contributed by atoms with Gasteiger partial charge in [-0.3, -0.25) is 0 Å². The van der Waals surface area contributed by atoms with Crippen molar-refractivity contribution in [3.63, 3.8) is 0 Å². The maximum atomic E-state index is 9.75. The molecule has 0 saturated heterocycles. The molecule has 3 aromatic rings. The molecule has 0 spiro atoms. The number of ether oxygens (including phenoxy) is 2. The average Bonchev–Trinajstić information content (AvgIpc) is 2.99. The molecule has 1 atom stereocenters. The third-order valence-electron chi connectivity index (χ3n) is 7.56. The molecule has 0 heterocycles. The topological polar surface area (TPSA) is 42.2 Å². The molecule has 0 fully saturated rings. The minimum absolute atomic E-state index is 0.107. The molecule has 3 heteroatoms. The Labute approximate surface area is 243 Å². The highest BCUT2D eigenvalue weighted by Gasteiger charge is 2.11. The molecule has 0 aromatic heterocycles. The Hall–Kier alpha value is -3.25. The molecule has 0 N–H and O–H groups in total. The lowest BCUT2D eigenvalue weighted by molar-refractivity contribution is 0.206. The lowest BCUT2D eigenvalue weighted by atomic mass is 9.99. The van der Waals surface area contributed by atoms with Gasteiger partial charge in [0.1, 0.15) is 17.6 Å². The van der Waals surface area contributed by atoms with Gasteiger partial charge >= 0.3 is 0 Å². The van der Waals surface area contributed by atoms with E-state index in [0.29, 0.717) is 11.3 Å². The summed E-state index contributed by atoms with van der Waals surface area (Å²) in [5.41, 5.74) is 5.03. The van der Waals surface area contributed by atoms with Crippen molar-refractivity contribution in [1.29, 1.82) is 5.26 Å². The number of hydrogen-bond acceptors (Lipinski definition) is 3. The third-order valence-corrected chi connectivity index (χ3v) is 7.56. The first kappa shape index (κ1) is 31.3. The van der Waals surface area contributed by atoms with Crippen LogP contribution in [0.25, 0.3) is 22.3 Å². The Balaban J connectivity index is 1.49. The molecule has 0 aliphatic rings. The molecule has 0 bridgehead atoms. The summed E-state index contributed by atoms with van der Waals surface area (Å²) >= 11 is 0. The summed E-state index contributed by atoms with van der Waals surface area (Å²) in [7, 11) is 0. The molecule has 0 aliphatic carbocycles. The number of benzene rings is 3. The minimum Gasteiger partial charge on any atom is -0.494 e. The van der Waals surface area contributed by atoms with E-state index in [-0.39, 0.29) is 6.10 Å². The fourth-order valence-electron chi connectivity index (χ4n) is 5.06. The van der Waals surface area contributed by atoms with Gasteiger partial charge in [0.15, 0.2) is 0 Å². The molecule has 1 unspecified atom stereocenters. The summed E-state index contributed by atoms with van der Waals surface area (Å²) in [5, 5.41) is 9.75. The highest BCUT2D eigenvalue weighted by atomic mass is 16.5. The minimum atomic E-state index is 0.107. The smallest absolute Gasteiger partial charge is 0.137 e. The molecule has 3 aromatic carbocycles. The number of rotatable bonds is 19. The van der Waals surface area contributed by atoms with Crippen molar-refractivity contribution < 1.29 is 9.47 Å². The van der Waals surface area contributed by atoms with Crippen molar-refractivity contribution in [2.24, 2.45) is 0 Å². The van der Waals surface area contributed by atoms with Gasteiger partial charge in [-0.15, -0.1) is 0 Å². The maximum absolute atomic E-state index is 9.75. The van der Waals surface area contributed by atoms with Gasteiger partial charge in [-0.05, 0) is 72.7 Å². The fraction of sp³-hybridized carbons (Fsp3) is 0.486. The van der Waals surface area contributed by atoms with Gasteiger partial charge in [0.2, 0.25) is 0 Å². The van der Waals surface area contributed by atoms with E-state index in [2.05, 4.69) is 75.4 Å². The number of unbranched alkanes of at least 4 members (excludes halogenated alkanes) is 10. The summed E-state index contributed by atoms with van der Waals surface area (Å²) in [6, 6.07) is 25.2. The van der Waals surface area contributed by atoms with Crippen molar-refractivity contribution in [1.82, 2.24) is 0 Å². The molecule has 0 radical (unpaired) electrons. The fourth-order valence-corrected chi connectivity index (χ4v) is 5.06. The molecular weight excluding hydrogens is 490 g/mol. The quantitative estimate of drug-likeness (QED) is 0.142. The number of nitriles is 1. The second-order valence-electron chi connectivity index (χ2n) is 11.0. The van der Waals surface area contributed by atoms with Gasteiger partial charge in [-0.2, -0.15) is 5.26 Å². The Kier molecular flexibility index (Phi) is 14.2. The normalized spacial score (nSPS) is 11.7. The highest BCUT2D eigenvalue weighted by molar-refractivity contribution is 5.72. The van der Waals surface area contributed by atoms with E-state index in [1.807, 2.05) is 18.2 Å². The Morgan fingerprint density at radius 2 is 1.12 bits per heavy atom. The lowest BCUT2D eigenvalue weighted by Gasteiger charge is -2.16. The third kappa shape index (κ3) is 10.7. The van der Waals surface area contributed by atoms with Crippen LogP contribution < -0.4 is 9.47 Å². The van der Waals surface area contributed by atoms with E-state index < -0.39 is 0 Å². The van der Waals surface area contributed by atoms with E-state index in [1.54, 1.807) is 0 Å². The van der Waals surface area contributed by atoms with Crippen LogP contribution in [0, 0.1) is 11.3 Å². The zero-order valence-corrected chi connectivity index (χ0v) is 25.1. The number of nitrogens with zero attached hydrogens (tertiary/aromatic N) is 1. The van der Waals surface area contributed by atoms with Crippen LogP contribution in [0.4, 0.5) is 0 Å². The molecule has 3 nitrogen and oxygen atoms in total. The Morgan fingerprint density at radius 3 is 1.73 bits per heavy atom. The summed E-state index contributed by atoms with van der Waals surface area (Å²) < 4.78 is 12.1.